The highest BCUT2D eigenvalue weighted by atomic mass is 32.2. The normalized spacial score (nSPS) is 22.3. The number of carbonyl (C=O) groups is 3. The zero-order valence-electron chi connectivity index (χ0n) is 17.8. The van der Waals surface area contributed by atoms with Gasteiger partial charge < -0.3 is 15.2 Å². The largest absolute Gasteiger partial charge is 0.461 e. The second kappa shape index (κ2) is 9.18. The maximum atomic E-state index is 13.5. The summed E-state index contributed by atoms with van der Waals surface area (Å²) >= 11 is 1.46. The first-order valence-corrected chi connectivity index (χ1v) is 11.2. The summed E-state index contributed by atoms with van der Waals surface area (Å²) in [6, 6.07) is 18.1. The van der Waals surface area contributed by atoms with Crippen LogP contribution in [0.2, 0.25) is 0 Å². The Kier molecular flexibility index (Phi) is 6.34. The van der Waals surface area contributed by atoms with Gasteiger partial charge in [0.2, 0.25) is 5.91 Å². The number of fused-ring (bicyclic) bond motifs is 1. The fourth-order valence-corrected chi connectivity index (χ4v) is 5.23. The maximum Gasteiger partial charge on any atom is 0.356 e. The Morgan fingerprint density at radius 3 is 2.16 bits per heavy atom. The van der Waals surface area contributed by atoms with E-state index in [-0.39, 0.29) is 28.8 Å². The number of nitrogens with zero attached hydrogens (tertiary/aromatic N) is 1. The lowest BCUT2D eigenvalue weighted by atomic mass is 10.00. The minimum Gasteiger partial charge on any atom is -0.461 e. The molecule has 0 bridgehead atoms. The molecule has 0 saturated carbocycles. The van der Waals surface area contributed by atoms with Crippen molar-refractivity contribution in [2.45, 2.75) is 36.6 Å². The molecule has 1 saturated heterocycles. The molecular formula is C24H24N2O5S. The number of nitrogens with two attached hydrogens (primary N) is 1. The van der Waals surface area contributed by atoms with Crippen molar-refractivity contribution in [1.82, 2.24) is 4.90 Å². The number of esters is 2. The minimum atomic E-state index is -0.681. The van der Waals surface area contributed by atoms with Crippen LogP contribution in [-0.4, -0.2) is 46.0 Å². The summed E-state index contributed by atoms with van der Waals surface area (Å²) in [5, 5.41) is -0.530. The third-order valence-electron chi connectivity index (χ3n) is 5.52. The first kappa shape index (κ1) is 22.1. The quantitative estimate of drug-likeness (QED) is 0.531. The predicted molar refractivity (Wildman–Crippen MR) is 120 cm³/mol. The van der Waals surface area contributed by atoms with E-state index < -0.39 is 24.1 Å². The Morgan fingerprint density at radius 1 is 1.06 bits per heavy atom. The number of hydrogen-bond acceptors (Lipinski definition) is 7. The molecule has 8 heteroatoms. The van der Waals surface area contributed by atoms with Crippen LogP contribution < -0.4 is 5.73 Å². The molecular weight excluding hydrogens is 428 g/mol. The fraction of sp³-hybridized carbons (Fsp3) is 0.292. The van der Waals surface area contributed by atoms with Gasteiger partial charge in [-0.15, -0.1) is 11.8 Å². The highest BCUT2D eigenvalue weighted by Crippen LogP contribution is 2.44. The van der Waals surface area contributed by atoms with Gasteiger partial charge in [-0.2, -0.15) is 0 Å². The van der Waals surface area contributed by atoms with Crippen LogP contribution in [0.1, 0.15) is 31.1 Å². The molecule has 7 nitrogen and oxygen atoms in total. The molecule has 2 aliphatic rings. The predicted octanol–water partition coefficient (Wildman–Crippen LogP) is 2.77. The molecule has 2 heterocycles. The highest BCUT2D eigenvalue weighted by molar-refractivity contribution is 8.00. The molecule has 2 aromatic carbocycles. The molecule has 2 aliphatic heterocycles. The van der Waals surface area contributed by atoms with Crippen LogP contribution in [0.25, 0.3) is 0 Å². The van der Waals surface area contributed by atoms with Crippen molar-refractivity contribution in [3.8, 4) is 0 Å². The van der Waals surface area contributed by atoms with Crippen molar-refractivity contribution in [2.75, 3.05) is 6.61 Å². The Morgan fingerprint density at radius 2 is 1.62 bits per heavy atom. The molecule has 0 aromatic heterocycles. The third-order valence-corrected chi connectivity index (χ3v) is 6.99. The molecule has 2 aromatic rings. The molecule has 1 fully saturated rings. The van der Waals surface area contributed by atoms with Crippen LogP contribution >= 0.6 is 11.8 Å². The average molecular weight is 453 g/mol. The van der Waals surface area contributed by atoms with Gasteiger partial charge in [-0.1, -0.05) is 60.7 Å². The second-order valence-electron chi connectivity index (χ2n) is 7.66. The number of rotatable bonds is 6. The van der Waals surface area contributed by atoms with Crippen LogP contribution in [-0.2, 0) is 23.9 Å². The van der Waals surface area contributed by atoms with E-state index in [0.717, 1.165) is 11.1 Å². The van der Waals surface area contributed by atoms with Gasteiger partial charge in [-0.25, -0.2) is 4.79 Å². The lowest BCUT2D eigenvalue weighted by Gasteiger charge is -2.50. The minimum absolute atomic E-state index is 0.0962. The van der Waals surface area contributed by atoms with Crippen molar-refractivity contribution in [2.24, 2.45) is 5.73 Å². The molecule has 3 atom stereocenters. The topological polar surface area (TPSA) is 98.9 Å². The Hall–Kier alpha value is -3.10. The Labute approximate surface area is 190 Å². The number of ether oxygens (including phenoxy) is 2. The Balaban J connectivity index is 1.72. The third kappa shape index (κ3) is 4.16. The highest BCUT2D eigenvalue weighted by Gasteiger charge is 2.54. The summed E-state index contributed by atoms with van der Waals surface area (Å²) in [5.74, 6) is -1.47. The van der Waals surface area contributed by atoms with Crippen LogP contribution in [0.15, 0.2) is 71.9 Å². The van der Waals surface area contributed by atoms with Crippen LogP contribution in [0.5, 0.6) is 0 Å². The van der Waals surface area contributed by atoms with Crippen LogP contribution in [0.4, 0.5) is 0 Å². The summed E-state index contributed by atoms with van der Waals surface area (Å²) in [6.07, 6.45) is -0.666. The van der Waals surface area contributed by atoms with Crippen molar-refractivity contribution >= 4 is 29.6 Å². The number of thioether (sulfide) groups is 1. The zero-order chi connectivity index (χ0) is 22.8. The van der Waals surface area contributed by atoms with Gasteiger partial charge in [-0.05, 0) is 18.1 Å². The average Bonchev–Trinajstić information content (AvgIpc) is 2.81. The molecule has 0 radical (unpaired) electrons. The number of benzene rings is 2. The first-order valence-electron chi connectivity index (χ1n) is 10.3. The SMILES string of the molecule is CC(=O)OCC1=C(C(=O)OC(c2ccccc2)c2ccccc2)N2C(=O)C(N)[C@H]2S[C@H]1C. The smallest absolute Gasteiger partial charge is 0.356 e. The summed E-state index contributed by atoms with van der Waals surface area (Å²) in [5.41, 5.74) is 8.23. The van der Waals surface area contributed by atoms with E-state index in [1.807, 2.05) is 67.6 Å². The summed E-state index contributed by atoms with van der Waals surface area (Å²) in [7, 11) is 0. The van der Waals surface area contributed by atoms with Gasteiger partial charge in [0, 0.05) is 17.7 Å². The Bertz CT molecular complexity index is 1020. The van der Waals surface area contributed by atoms with Gasteiger partial charge in [-0.3, -0.25) is 14.5 Å². The molecule has 1 unspecified atom stereocenters. The van der Waals surface area contributed by atoms with Crippen molar-refractivity contribution < 1.29 is 23.9 Å². The summed E-state index contributed by atoms with van der Waals surface area (Å²) in [6.45, 7) is 3.10. The molecule has 0 aliphatic carbocycles. The standard InChI is InChI=1S/C24H24N2O5S/c1-14-18(13-30-15(2)27)20(26-22(28)19(25)23(26)32-14)24(29)31-21(16-9-5-3-6-10-16)17-11-7-4-8-12-17/h3-12,14,19,21,23H,13,25H2,1-2H3/t14-,19?,23+/m0/s1. The van der Waals surface area contributed by atoms with Gasteiger partial charge in [0.1, 0.15) is 23.7 Å². The fourth-order valence-electron chi connectivity index (χ4n) is 3.85. The molecule has 0 spiro atoms. The molecule has 4 rings (SSSR count). The molecule has 2 N–H and O–H groups in total. The van der Waals surface area contributed by atoms with E-state index in [2.05, 4.69) is 0 Å². The van der Waals surface area contributed by atoms with Crippen LogP contribution in [0.3, 0.4) is 0 Å². The number of amides is 1. The lowest BCUT2D eigenvalue weighted by Crippen LogP contribution is -2.69. The molecule has 166 valence electrons. The van der Waals surface area contributed by atoms with Crippen molar-refractivity contribution in [3.63, 3.8) is 0 Å². The molecule has 1 amide bonds. The second-order valence-corrected chi connectivity index (χ2v) is 9.13. The number of β-lactam (4-membered cyclic amide) rings is 1. The van der Waals surface area contributed by atoms with Gasteiger partial charge in [0.05, 0.1) is 0 Å². The maximum absolute atomic E-state index is 13.5. The van der Waals surface area contributed by atoms with Gasteiger partial charge in [0.25, 0.3) is 0 Å². The summed E-state index contributed by atoms with van der Waals surface area (Å²) in [4.78, 5) is 38.9. The van der Waals surface area contributed by atoms with E-state index in [4.69, 9.17) is 15.2 Å². The van der Waals surface area contributed by atoms with E-state index in [0.29, 0.717) is 5.57 Å². The van der Waals surface area contributed by atoms with Gasteiger partial charge >= 0.3 is 11.9 Å². The van der Waals surface area contributed by atoms with E-state index in [1.54, 1.807) is 0 Å². The van der Waals surface area contributed by atoms with Crippen LogP contribution in [0, 0.1) is 0 Å². The van der Waals surface area contributed by atoms with E-state index in [9.17, 15) is 14.4 Å². The lowest BCUT2D eigenvalue weighted by molar-refractivity contribution is -0.153. The first-order chi connectivity index (χ1) is 15.4. The monoisotopic (exact) mass is 452 g/mol. The van der Waals surface area contributed by atoms with Crippen molar-refractivity contribution in [1.29, 1.82) is 0 Å². The number of carbonyl (C=O) groups excluding carboxylic acids is 3. The van der Waals surface area contributed by atoms with E-state index >= 15 is 0 Å². The van der Waals surface area contributed by atoms with E-state index in [1.165, 1.54) is 23.6 Å². The molecule has 32 heavy (non-hydrogen) atoms. The van der Waals surface area contributed by atoms with Crippen molar-refractivity contribution in [3.05, 3.63) is 83.1 Å². The zero-order valence-corrected chi connectivity index (χ0v) is 18.6. The number of hydrogen-bond donors (Lipinski definition) is 1. The summed E-state index contributed by atoms with van der Waals surface area (Å²) < 4.78 is 11.2. The van der Waals surface area contributed by atoms with Gasteiger partial charge in [0.15, 0.2) is 6.10 Å².